The molecule has 1 atom stereocenters. The summed E-state index contributed by atoms with van der Waals surface area (Å²) < 4.78 is 10.5. The Morgan fingerprint density at radius 3 is 2.53 bits per heavy atom. The average Bonchev–Trinajstić information content (AvgIpc) is 2.89. The number of nitro benzene ring substituents is 1. The number of non-ortho nitro benzene ring substituents is 1. The maximum Gasteiger partial charge on any atom is 0.273 e. The number of nitro groups is 1. The zero-order chi connectivity index (χ0) is 25.7. The van der Waals surface area contributed by atoms with Gasteiger partial charge in [-0.15, -0.1) is 0 Å². The number of azo groups is 1. The number of H-pyrrole nitrogens is 1. The van der Waals surface area contributed by atoms with Crippen molar-refractivity contribution in [3.05, 3.63) is 93.0 Å². The summed E-state index contributed by atoms with van der Waals surface area (Å²) >= 11 is 0. The molecule has 0 fully saturated rings. The Labute approximate surface area is 203 Å². The van der Waals surface area contributed by atoms with Gasteiger partial charge in [-0.1, -0.05) is 24.3 Å². The summed E-state index contributed by atoms with van der Waals surface area (Å²) in [4.78, 5) is 43.5. The van der Waals surface area contributed by atoms with Crippen LogP contribution in [0.5, 0.6) is 11.5 Å². The number of hydrogen-bond donors (Lipinski definition) is 2. The molecular weight excluding hydrogens is 468 g/mol. The molecule has 0 bridgehead atoms. The molecule has 12 heteroatoms. The van der Waals surface area contributed by atoms with Gasteiger partial charge < -0.3 is 19.8 Å². The van der Waals surface area contributed by atoms with E-state index in [0.29, 0.717) is 22.3 Å². The summed E-state index contributed by atoms with van der Waals surface area (Å²) in [7, 11) is 2.79. The molecule has 1 unspecified atom stereocenters. The lowest BCUT2D eigenvalue weighted by atomic mass is 10.2. The Balaban J connectivity index is 1.78. The number of benzene rings is 3. The smallest absolute Gasteiger partial charge is 0.273 e. The maximum absolute atomic E-state index is 13.3. The number of methoxy groups -OCH3 is 2. The quantitative estimate of drug-likeness (QED) is 0.212. The predicted octanol–water partition coefficient (Wildman–Crippen LogP) is 4.31. The summed E-state index contributed by atoms with van der Waals surface area (Å²) in [6, 6.07) is 15.8. The third kappa shape index (κ3) is 5.01. The number of nitrogens with zero attached hydrogens (tertiary/aromatic N) is 4. The van der Waals surface area contributed by atoms with Crippen LogP contribution in [0.15, 0.2) is 81.8 Å². The van der Waals surface area contributed by atoms with Crippen LogP contribution >= 0.6 is 0 Å². The summed E-state index contributed by atoms with van der Waals surface area (Å²) in [5.74, 6) is -0.200. The van der Waals surface area contributed by atoms with Crippen LogP contribution in [-0.2, 0) is 4.79 Å². The van der Waals surface area contributed by atoms with Gasteiger partial charge in [0, 0.05) is 6.07 Å². The van der Waals surface area contributed by atoms with E-state index < -0.39 is 22.4 Å². The number of fused-ring (bicyclic) bond motifs is 1. The Kier molecular flexibility index (Phi) is 6.95. The van der Waals surface area contributed by atoms with Crippen molar-refractivity contribution in [3.63, 3.8) is 0 Å². The van der Waals surface area contributed by atoms with Crippen molar-refractivity contribution in [3.8, 4) is 11.5 Å². The third-order valence-corrected chi connectivity index (χ3v) is 5.16. The first-order valence-corrected chi connectivity index (χ1v) is 10.6. The minimum Gasteiger partial charge on any atom is -0.495 e. The van der Waals surface area contributed by atoms with Gasteiger partial charge in [0.05, 0.1) is 41.8 Å². The first-order chi connectivity index (χ1) is 17.4. The molecule has 1 aromatic heterocycles. The number of rotatable bonds is 8. The van der Waals surface area contributed by atoms with Gasteiger partial charge in [0.2, 0.25) is 6.04 Å². The SMILES string of the molecule is COc1cc([N+](=O)[O-])ccc1N=NC(C(=O)Nc1ccccc1OC)c1nc2ccccc2c(=O)[nH]1. The molecule has 0 aliphatic heterocycles. The molecule has 4 rings (SSSR count). The van der Waals surface area contributed by atoms with Crippen LogP contribution in [0.2, 0.25) is 0 Å². The Hall–Kier alpha value is -5.13. The topological polar surface area (TPSA) is 161 Å². The first kappa shape index (κ1) is 24.0. The highest BCUT2D eigenvalue weighted by molar-refractivity contribution is 5.96. The lowest BCUT2D eigenvalue weighted by molar-refractivity contribution is -0.384. The molecule has 12 nitrogen and oxygen atoms in total. The van der Waals surface area contributed by atoms with E-state index in [2.05, 4.69) is 25.5 Å². The van der Waals surface area contributed by atoms with Crippen molar-refractivity contribution in [1.29, 1.82) is 0 Å². The number of amides is 1. The van der Waals surface area contributed by atoms with Gasteiger partial charge >= 0.3 is 0 Å². The van der Waals surface area contributed by atoms with E-state index >= 15 is 0 Å². The Morgan fingerprint density at radius 1 is 1.06 bits per heavy atom. The number of carbonyl (C=O) groups excluding carboxylic acids is 1. The van der Waals surface area contributed by atoms with E-state index in [-0.39, 0.29) is 22.9 Å². The van der Waals surface area contributed by atoms with E-state index in [1.165, 1.54) is 32.4 Å². The van der Waals surface area contributed by atoms with Crippen molar-refractivity contribution in [1.82, 2.24) is 9.97 Å². The second-order valence-corrected chi connectivity index (χ2v) is 7.39. The molecular formula is C24H20N6O6. The van der Waals surface area contributed by atoms with E-state index in [1.54, 1.807) is 48.5 Å². The monoisotopic (exact) mass is 488 g/mol. The second-order valence-electron chi connectivity index (χ2n) is 7.39. The second kappa shape index (κ2) is 10.4. The van der Waals surface area contributed by atoms with E-state index in [0.717, 1.165) is 0 Å². The fraction of sp³-hybridized carbons (Fsp3) is 0.125. The van der Waals surface area contributed by atoms with Crippen LogP contribution in [0.4, 0.5) is 17.1 Å². The molecule has 0 saturated heterocycles. The van der Waals surface area contributed by atoms with Crippen molar-refractivity contribution >= 4 is 33.9 Å². The lowest BCUT2D eigenvalue weighted by Crippen LogP contribution is -2.24. The number of anilines is 1. The molecule has 182 valence electrons. The normalized spacial score (nSPS) is 11.8. The molecule has 3 aromatic carbocycles. The van der Waals surface area contributed by atoms with Crippen LogP contribution in [0.1, 0.15) is 11.9 Å². The largest absolute Gasteiger partial charge is 0.495 e. The van der Waals surface area contributed by atoms with Gasteiger partial charge in [0.25, 0.3) is 17.2 Å². The average molecular weight is 488 g/mol. The lowest BCUT2D eigenvalue weighted by Gasteiger charge is -2.14. The maximum atomic E-state index is 13.3. The fourth-order valence-corrected chi connectivity index (χ4v) is 3.40. The third-order valence-electron chi connectivity index (χ3n) is 5.16. The van der Waals surface area contributed by atoms with Crippen LogP contribution in [-0.4, -0.2) is 35.0 Å². The Bertz CT molecular complexity index is 1530. The zero-order valence-corrected chi connectivity index (χ0v) is 19.2. The molecule has 36 heavy (non-hydrogen) atoms. The standard InChI is InChI=1S/C24H20N6O6/c1-35-19-10-6-5-9-17(19)26-24(32)21(22-25-16-8-4-3-7-15(16)23(31)27-22)29-28-18-12-11-14(30(33)34)13-20(18)36-2/h3-13,21H,1-2H3,(H,26,32)(H,25,27,31). The van der Waals surface area contributed by atoms with Gasteiger partial charge in [-0.25, -0.2) is 4.98 Å². The van der Waals surface area contributed by atoms with Crippen molar-refractivity contribution in [2.45, 2.75) is 6.04 Å². The fourth-order valence-electron chi connectivity index (χ4n) is 3.40. The molecule has 4 aromatic rings. The number of ether oxygens (including phenoxy) is 2. The highest BCUT2D eigenvalue weighted by atomic mass is 16.6. The molecule has 1 amide bonds. The molecule has 0 aliphatic carbocycles. The van der Waals surface area contributed by atoms with Gasteiger partial charge in [-0.05, 0) is 30.3 Å². The molecule has 0 radical (unpaired) electrons. The number of aromatic nitrogens is 2. The number of hydrogen-bond acceptors (Lipinski definition) is 9. The van der Waals surface area contributed by atoms with Crippen molar-refractivity contribution in [2.24, 2.45) is 10.2 Å². The van der Waals surface area contributed by atoms with E-state index in [9.17, 15) is 19.7 Å². The van der Waals surface area contributed by atoms with Gasteiger partial charge in [0.15, 0.2) is 5.75 Å². The first-order valence-electron chi connectivity index (χ1n) is 10.6. The van der Waals surface area contributed by atoms with Gasteiger partial charge in [-0.3, -0.25) is 19.7 Å². The Morgan fingerprint density at radius 2 is 1.78 bits per heavy atom. The summed E-state index contributed by atoms with van der Waals surface area (Å²) in [6.45, 7) is 0. The minimum atomic E-state index is -1.38. The summed E-state index contributed by atoms with van der Waals surface area (Å²) in [6.07, 6.45) is 0. The van der Waals surface area contributed by atoms with Crippen LogP contribution in [0.3, 0.4) is 0 Å². The van der Waals surface area contributed by atoms with Crippen molar-refractivity contribution < 1.29 is 19.2 Å². The zero-order valence-electron chi connectivity index (χ0n) is 19.2. The molecule has 0 aliphatic rings. The van der Waals surface area contributed by atoms with Crippen LogP contribution < -0.4 is 20.3 Å². The summed E-state index contributed by atoms with van der Waals surface area (Å²) in [5, 5.41) is 22.4. The van der Waals surface area contributed by atoms with E-state index in [4.69, 9.17) is 9.47 Å². The van der Waals surface area contributed by atoms with Crippen LogP contribution in [0.25, 0.3) is 10.9 Å². The molecule has 2 N–H and O–H groups in total. The van der Waals surface area contributed by atoms with Gasteiger partial charge in [-0.2, -0.15) is 10.2 Å². The predicted molar refractivity (Wildman–Crippen MR) is 131 cm³/mol. The van der Waals surface area contributed by atoms with E-state index in [1.807, 2.05) is 0 Å². The van der Waals surface area contributed by atoms with Crippen LogP contribution in [0, 0.1) is 10.1 Å². The number of aromatic amines is 1. The van der Waals surface area contributed by atoms with Crippen molar-refractivity contribution in [2.75, 3.05) is 19.5 Å². The highest BCUT2D eigenvalue weighted by Crippen LogP contribution is 2.33. The number of carbonyl (C=O) groups is 1. The molecule has 0 spiro atoms. The molecule has 0 saturated carbocycles. The number of para-hydroxylation sites is 3. The highest BCUT2D eigenvalue weighted by Gasteiger charge is 2.25. The summed E-state index contributed by atoms with van der Waals surface area (Å²) in [5.41, 5.74) is 0.239. The van der Waals surface area contributed by atoms with Gasteiger partial charge in [0.1, 0.15) is 17.3 Å². The number of nitrogens with one attached hydrogen (secondary N) is 2. The minimum absolute atomic E-state index is 0.0456. The molecule has 1 heterocycles.